The number of carbonyl (C=O) groups is 2. The molecule has 2 unspecified atom stereocenters. The standard InChI is InChI=1S/C14H20N2O3/c1-4-12(14(18)19-3)15-10(2)13(17)16-11-8-6-5-7-9-11/h5-10,12,15H,4H2,1-3H3,(H,16,17). The Kier molecular flexibility index (Phi) is 6.02. The first kappa shape index (κ1) is 15.2. The highest BCUT2D eigenvalue weighted by atomic mass is 16.5. The van der Waals surface area contributed by atoms with Gasteiger partial charge in [-0.25, -0.2) is 0 Å². The molecular formula is C14H20N2O3. The first-order chi connectivity index (χ1) is 9.08. The normalized spacial score (nSPS) is 13.4. The van der Waals surface area contributed by atoms with Crippen LogP contribution in [0.4, 0.5) is 5.69 Å². The second kappa shape index (κ2) is 7.53. The number of rotatable bonds is 6. The summed E-state index contributed by atoms with van der Waals surface area (Å²) in [5.41, 5.74) is 0.729. The molecule has 2 atom stereocenters. The van der Waals surface area contributed by atoms with Gasteiger partial charge in [0.1, 0.15) is 6.04 Å². The lowest BCUT2D eigenvalue weighted by Crippen LogP contribution is -2.47. The molecule has 0 heterocycles. The maximum atomic E-state index is 11.9. The van der Waals surface area contributed by atoms with Crippen LogP contribution >= 0.6 is 0 Å². The van der Waals surface area contributed by atoms with Gasteiger partial charge in [0.05, 0.1) is 13.2 Å². The monoisotopic (exact) mass is 264 g/mol. The van der Waals surface area contributed by atoms with Gasteiger partial charge in [-0.2, -0.15) is 0 Å². The Morgan fingerprint density at radius 3 is 2.42 bits per heavy atom. The molecule has 0 saturated carbocycles. The molecule has 0 bridgehead atoms. The van der Waals surface area contributed by atoms with E-state index in [-0.39, 0.29) is 11.9 Å². The zero-order chi connectivity index (χ0) is 14.3. The molecule has 0 radical (unpaired) electrons. The highest BCUT2D eigenvalue weighted by Crippen LogP contribution is 2.06. The predicted octanol–water partition coefficient (Wildman–Crippen LogP) is 1.55. The summed E-state index contributed by atoms with van der Waals surface area (Å²) < 4.78 is 4.67. The topological polar surface area (TPSA) is 67.4 Å². The van der Waals surface area contributed by atoms with E-state index in [0.717, 1.165) is 5.69 Å². The molecule has 0 aliphatic heterocycles. The molecule has 104 valence electrons. The highest BCUT2D eigenvalue weighted by Gasteiger charge is 2.22. The van der Waals surface area contributed by atoms with Gasteiger partial charge in [-0.05, 0) is 25.5 Å². The number of benzene rings is 1. The average Bonchev–Trinajstić information content (AvgIpc) is 2.44. The lowest BCUT2D eigenvalue weighted by molar-refractivity contribution is -0.143. The number of carbonyl (C=O) groups excluding carboxylic acids is 2. The fraction of sp³-hybridized carbons (Fsp3) is 0.429. The van der Waals surface area contributed by atoms with E-state index >= 15 is 0 Å². The minimum absolute atomic E-state index is 0.187. The minimum atomic E-state index is -0.482. The van der Waals surface area contributed by atoms with Crippen LogP contribution in [0.3, 0.4) is 0 Å². The summed E-state index contributed by atoms with van der Waals surface area (Å²) in [7, 11) is 1.33. The van der Waals surface area contributed by atoms with Crippen molar-refractivity contribution >= 4 is 17.6 Å². The van der Waals surface area contributed by atoms with Gasteiger partial charge in [0.25, 0.3) is 0 Å². The summed E-state index contributed by atoms with van der Waals surface area (Å²) in [5, 5.41) is 5.73. The third kappa shape index (κ3) is 4.71. The van der Waals surface area contributed by atoms with Crippen LogP contribution in [0, 0.1) is 0 Å². The third-order valence-electron chi connectivity index (χ3n) is 2.78. The van der Waals surface area contributed by atoms with Crippen molar-refractivity contribution in [2.24, 2.45) is 0 Å². The highest BCUT2D eigenvalue weighted by molar-refractivity contribution is 5.94. The number of hydrogen-bond acceptors (Lipinski definition) is 4. The van der Waals surface area contributed by atoms with Gasteiger partial charge in [0, 0.05) is 5.69 Å². The predicted molar refractivity (Wildman–Crippen MR) is 73.8 cm³/mol. The molecule has 0 fully saturated rings. The molecule has 1 aromatic rings. The van der Waals surface area contributed by atoms with Gasteiger partial charge in [-0.15, -0.1) is 0 Å². The summed E-state index contributed by atoms with van der Waals surface area (Å²) >= 11 is 0. The average molecular weight is 264 g/mol. The molecule has 2 N–H and O–H groups in total. The van der Waals surface area contributed by atoms with E-state index in [4.69, 9.17) is 0 Å². The Bertz CT molecular complexity index is 420. The van der Waals surface area contributed by atoms with Gasteiger partial charge in [0.2, 0.25) is 5.91 Å². The molecular weight excluding hydrogens is 244 g/mol. The molecule has 5 heteroatoms. The second-order valence-corrected chi connectivity index (χ2v) is 4.23. The van der Waals surface area contributed by atoms with E-state index in [1.165, 1.54) is 7.11 Å². The fourth-order valence-corrected chi connectivity index (χ4v) is 1.64. The molecule has 1 rings (SSSR count). The Balaban J connectivity index is 2.55. The van der Waals surface area contributed by atoms with Crippen LogP contribution in [0.5, 0.6) is 0 Å². The van der Waals surface area contributed by atoms with Crippen molar-refractivity contribution in [1.82, 2.24) is 5.32 Å². The molecule has 0 saturated heterocycles. The smallest absolute Gasteiger partial charge is 0.322 e. The summed E-state index contributed by atoms with van der Waals surface area (Å²) in [5.74, 6) is -0.546. The van der Waals surface area contributed by atoms with Crippen molar-refractivity contribution in [3.63, 3.8) is 0 Å². The Labute approximate surface area is 113 Å². The van der Waals surface area contributed by atoms with E-state index in [1.807, 2.05) is 37.3 Å². The van der Waals surface area contributed by atoms with Gasteiger partial charge >= 0.3 is 5.97 Å². The number of esters is 1. The molecule has 5 nitrogen and oxygen atoms in total. The van der Waals surface area contributed by atoms with Crippen LogP contribution in [0.25, 0.3) is 0 Å². The zero-order valence-electron chi connectivity index (χ0n) is 11.5. The Hall–Kier alpha value is -1.88. The van der Waals surface area contributed by atoms with E-state index in [0.29, 0.717) is 6.42 Å². The van der Waals surface area contributed by atoms with E-state index in [2.05, 4.69) is 15.4 Å². The first-order valence-corrected chi connectivity index (χ1v) is 6.28. The largest absolute Gasteiger partial charge is 0.468 e. The number of nitrogens with one attached hydrogen (secondary N) is 2. The lowest BCUT2D eigenvalue weighted by Gasteiger charge is -2.19. The van der Waals surface area contributed by atoms with Crippen molar-refractivity contribution < 1.29 is 14.3 Å². The Morgan fingerprint density at radius 1 is 1.26 bits per heavy atom. The molecule has 19 heavy (non-hydrogen) atoms. The molecule has 0 spiro atoms. The van der Waals surface area contributed by atoms with Crippen molar-refractivity contribution in [1.29, 1.82) is 0 Å². The summed E-state index contributed by atoms with van der Waals surface area (Å²) in [4.78, 5) is 23.4. The van der Waals surface area contributed by atoms with Gasteiger partial charge in [-0.1, -0.05) is 25.1 Å². The van der Waals surface area contributed by atoms with E-state index in [9.17, 15) is 9.59 Å². The first-order valence-electron chi connectivity index (χ1n) is 6.28. The minimum Gasteiger partial charge on any atom is -0.468 e. The number of hydrogen-bond donors (Lipinski definition) is 2. The maximum Gasteiger partial charge on any atom is 0.322 e. The SMILES string of the molecule is CCC(NC(C)C(=O)Nc1ccccc1)C(=O)OC. The molecule has 0 aliphatic rings. The second-order valence-electron chi connectivity index (χ2n) is 4.23. The quantitative estimate of drug-likeness (QED) is 0.765. The van der Waals surface area contributed by atoms with Crippen LogP contribution in [0.15, 0.2) is 30.3 Å². The zero-order valence-corrected chi connectivity index (χ0v) is 11.5. The maximum absolute atomic E-state index is 11.9. The third-order valence-corrected chi connectivity index (χ3v) is 2.78. The van der Waals surface area contributed by atoms with Crippen LogP contribution in [0.1, 0.15) is 20.3 Å². The fourth-order valence-electron chi connectivity index (χ4n) is 1.64. The number of ether oxygens (including phenoxy) is 1. The van der Waals surface area contributed by atoms with Crippen LogP contribution in [-0.2, 0) is 14.3 Å². The van der Waals surface area contributed by atoms with E-state index in [1.54, 1.807) is 6.92 Å². The van der Waals surface area contributed by atoms with Gasteiger partial charge in [-0.3, -0.25) is 14.9 Å². The van der Waals surface area contributed by atoms with Crippen molar-refractivity contribution in [2.75, 3.05) is 12.4 Å². The summed E-state index contributed by atoms with van der Waals surface area (Å²) in [6, 6.07) is 8.23. The van der Waals surface area contributed by atoms with Gasteiger partial charge in [0.15, 0.2) is 0 Å². The van der Waals surface area contributed by atoms with Crippen molar-refractivity contribution in [3.05, 3.63) is 30.3 Å². The van der Waals surface area contributed by atoms with E-state index < -0.39 is 12.1 Å². The summed E-state index contributed by atoms with van der Waals surface area (Å²) in [6.07, 6.45) is 0.565. The molecule has 1 amide bonds. The van der Waals surface area contributed by atoms with Crippen LogP contribution in [0.2, 0.25) is 0 Å². The molecule has 1 aromatic carbocycles. The van der Waals surface area contributed by atoms with Gasteiger partial charge < -0.3 is 10.1 Å². The number of para-hydroxylation sites is 1. The molecule has 0 aromatic heterocycles. The van der Waals surface area contributed by atoms with Crippen molar-refractivity contribution in [2.45, 2.75) is 32.4 Å². The number of anilines is 1. The lowest BCUT2D eigenvalue weighted by atomic mass is 10.2. The number of amides is 1. The van der Waals surface area contributed by atoms with Crippen molar-refractivity contribution in [3.8, 4) is 0 Å². The van der Waals surface area contributed by atoms with Crippen LogP contribution in [-0.4, -0.2) is 31.1 Å². The van der Waals surface area contributed by atoms with Crippen LogP contribution < -0.4 is 10.6 Å². The summed E-state index contributed by atoms with van der Waals surface area (Å²) in [6.45, 7) is 3.57. The number of methoxy groups -OCH3 is 1. The Morgan fingerprint density at radius 2 is 1.89 bits per heavy atom. The molecule has 0 aliphatic carbocycles.